The molecule has 0 bridgehead atoms. The molecule has 0 aromatic heterocycles. The summed E-state index contributed by atoms with van der Waals surface area (Å²) in [5.74, 6) is -0.684. The Balaban J connectivity index is 1.55. The number of benzene rings is 2. The van der Waals surface area contributed by atoms with E-state index in [0.717, 1.165) is 22.0 Å². The fourth-order valence-corrected chi connectivity index (χ4v) is 3.21. The summed E-state index contributed by atoms with van der Waals surface area (Å²) in [6.45, 7) is 2.83. The van der Waals surface area contributed by atoms with Gasteiger partial charge >= 0.3 is 5.97 Å². The first-order valence-corrected chi connectivity index (χ1v) is 9.32. The van der Waals surface area contributed by atoms with Crippen molar-refractivity contribution >= 4 is 33.9 Å². The van der Waals surface area contributed by atoms with Crippen molar-refractivity contribution in [2.45, 2.75) is 26.0 Å². The van der Waals surface area contributed by atoms with Crippen molar-refractivity contribution in [3.05, 3.63) is 75.8 Å². The van der Waals surface area contributed by atoms with Gasteiger partial charge in [-0.15, -0.1) is 0 Å². The molecule has 0 fully saturated rings. The van der Waals surface area contributed by atoms with E-state index >= 15 is 0 Å². The highest BCUT2D eigenvalue weighted by molar-refractivity contribution is 9.10. The number of rotatable bonds is 4. The molecule has 4 nitrogen and oxygen atoms in total. The number of halogens is 1. The highest BCUT2D eigenvalue weighted by Crippen LogP contribution is 2.19. The van der Waals surface area contributed by atoms with E-state index in [1.807, 2.05) is 42.5 Å². The lowest BCUT2D eigenvalue weighted by Gasteiger charge is -2.30. The second-order valence-corrected chi connectivity index (χ2v) is 7.16. The van der Waals surface area contributed by atoms with Crippen molar-refractivity contribution in [1.29, 1.82) is 0 Å². The van der Waals surface area contributed by atoms with Gasteiger partial charge in [0.1, 0.15) is 0 Å². The topological polar surface area (TPSA) is 46.6 Å². The van der Waals surface area contributed by atoms with Crippen molar-refractivity contribution in [3.63, 3.8) is 0 Å². The number of esters is 1. The maximum atomic E-state index is 12.6. The molecular weight excluding hydrogens is 394 g/mol. The molecule has 1 heterocycles. The standard InChI is InChI=1S/C21H20BrNO3/c1-15(26-20(24)11-8-16-6-9-19(22)10-7-16)21(25)23-13-12-17-4-2-3-5-18(17)14-23/h2-11,15H,12-14H2,1H3/b11-8+/t15-/m1/s1. The van der Waals surface area contributed by atoms with Gasteiger partial charge in [-0.2, -0.15) is 0 Å². The summed E-state index contributed by atoms with van der Waals surface area (Å²) in [4.78, 5) is 26.3. The zero-order valence-corrected chi connectivity index (χ0v) is 16.1. The zero-order chi connectivity index (χ0) is 18.5. The van der Waals surface area contributed by atoms with Crippen LogP contribution in [0.25, 0.3) is 6.08 Å². The lowest BCUT2D eigenvalue weighted by Crippen LogP contribution is -2.42. The number of amides is 1. The first-order valence-electron chi connectivity index (χ1n) is 8.53. The molecule has 3 rings (SSSR count). The molecule has 1 aliphatic heterocycles. The number of hydrogen-bond acceptors (Lipinski definition) is 3. The molecule has 0 saturated heterocycles. The predicted molar refractivity (Wildman–Crippen MR) is 104 cm³/mol. The summed E-state index contributed by atoms with van der Waals surface area (Å²) >= 11 is 3.36. The third kappa shape index (κ3) is 4.61. The van der Waals surface area contributed by atoms with Crippen LogP contribution in [0, 0.1) is 0 Å². The van der Waals surface area contributed by atoms with Gasteiger partial charge in [-0.3, -0.25) is 4.79 Å². The van der Waals surface area contributed by atoms with E-state index in [4.69, 9.17) is 4.74 Å². The zero-order valence-electron chi connectivity index (χ0n) is 14.5. The van der Waals surface area contributed by atoms with E-state index in [-0.39, 0.29) is 5.91 Å². The van der Waals surface area contributed by atoms with E-state index in [1.165, 1.54) is 11.6 Å². The van der Waals surface area contributed by atoms with Gasteiger partial charge in [0.25, 0.3) is 5.91 Å². The molecule has 1 atom stereocenters. The molecule has 0 radical (unpaired) electrons. The minimum Gasteiger partial charge on any atom is -0.449 e. The number of ether oxygens (including phenoxy) is 1. The molecular formula is C21H20BrNO3. The van der Waals surface area contributed by atoms with Gasteiger partial charge in [0.05, 0.1) is 0 Å². The van der Waals surface area contributed by atoms with E-state index in [9.17, 15) is 9.59 Å². The number of carbonyl (C=O) groups excluding carboxylic acids is 2. The SMILES string of the molecule is C[C@@H](OC(=O)/C=C/c1ccc(Br)cc1)C(=O)N1CCc2ccccc2C1. The third-order valence-corrected chi connectivity index (χ3v) is 4.89. The third-order valence-electron chi connectivity index (χ3n) is 4.36. The van der Waals surface area contributed by atoms with Gasteiger partial charge in [-0.05, 0) is 48.2 Å². The molecule has 2 aromatic carbocycles. The quantitative estimate of drug-likeness (QED) is 0.562. The Morgan fingerprint density at radius 2 is 1.81 bits per heavy atom. The maximum Gasteiger partial charge on any atom is 0.331 e. The fraction of sp³-hybridized carbons (Fsp3) is 0.238. The van der Waals surface area contributed by atoms with Crippen LogP contribution in [0.15, 0.2) is 59.1 Å². The van der Waals surface area contributed by atoms with Crippen LogP contribution < -0.4 is 0 Å². The summed E-state index contributed by atoms with van der Waals surface area (Å²) in [6, 6.07) is 15.7. The van der Waals surface area contributed by atoms with Crippen LogP contribution >= 0.6 is 15.9 Å². The number of hydrogen-bond donors (Lipinski definition) is 0. The van der Waals surface area contributed by atoms with E-state index in [2.05, 4.69) is 22.0 Å². The Morgan fingerprint density at radius 1 is 1.12 bits per heavy atom. The molecule has 0 unspecified atom stereocenters. The number of carbonyl (C=O) groups is 2. The highest BCUT2D eigenvalue weighted by atomic mass is 79.9. The summed E-state index contributed by atoms with van der Waals surface area (Å²) in [5.41, 5.74) is 3.32. The lowest BCUT2D eigenvalue weighted by molar-refractivity contribution is -0.155. The molecule has 0 N–H and O–H groups in total. The van der Waals surface area contributed by atoms with Crippen LogP contribution in [0.5, 0.6) is 0 Å². The number of fused-ring (bicyclic) bond motifs is 1. The summed E-state index contributed by atoms with van der Waals surface area (Å²) in [6.07, 6.45) is 3.04. The van der Waals surface area contributed by atoms with Crippen molar-refractivity contribution < 1.29 is 14.3 Å². The second kappa shape index (κ2) is 8.32. The van der Waals surface area contributed by atoms with Gasteiger partial charge < -0.3 is 9.64 Å². The molecule has 5 heteroatoms. The van der Waals surface area contributed by atoms with Crippen molar-refractivity contribution in [1.82, 2.24) is 4.90 Å². The molecule has 26 heavy (non-hydrogen) atoms. The summed E-state index contributed by atoms with van der Waals surface area (Å²) in [7, 11) is 0. The van der Waals surface area contributed by atoms with Gasteiger partial charge in [-0.25, -0.2) is 4.79 Å². The normalized spacial score (nSPS) is 14.8. The lowest BCUT2D eigenvalue weighted by atomic mass is 9.99. The van der Waals surface area contributed by atoms with E-state index in [1.54, 1.807) is 17.9 Å². The predicted octanol–water partition coefficient (Wildman–Crippen LogP) is 3.98. The summed E-state index contributed by atoms with van der Waals surface area (Å²) in [5, 5.41) is 0. The number of nitrogens with zero attached hydrogens (tertiary/aromatic N) is 1. The Bertz CT molecular complexity index is 829. The second-order valence-electron chi connectivity index (χ2n) is 6.24. The summed E-state index contributed by atoms with van der Waals surface area (Å²) < 4.78 is 6.24. The van der Waals surface area contributed by atoms with Crippen LogP contribution in [0.3, 0.4) is 0 Å². The van der Waals surface area contributed by atoms with Gasteiger partial charge in [0, 0.05) is 23.6 Å². The van der Waals surface area contributed by atoms with E-state index in [0.29, 0.717) is 13.1 Å². The largest absolute Gasteiger partial charge is 0.449 e. The Morgan fingerprint density at radius 3 is 2.54 bits per heavy atom. The van der Waals surface area contributed by atoms with Crippen molar-refractivity contribution in [2.75, 3.05) is 6.54 Å². The van der Waals surface area contributed by atoms with Gasteiger partial charge in [0.15, 0.2) is 6.10 Å². The molecule has 134 valence electrons. The molecule has 2 aromatic rings. The molecule has 1 aliphatic rings. The monoisotopic (exact) mass is 413 g/mol. The minimum absolute atomic E-state index is 0.162. The first-order chi connectivity index (χ1) is 12.5. The molecule has 0 saturated carbocycles. The first kappa shape index (κ1) is 18.4. The molecule has 0 spiro atoms. The van der Waals surface area contributed by atoms with Crippen molar-refractivity contribution in [3.8, 4) is 0 Å². The Hall–Kier alpha value is -2.40. The molecule has 0 aliphatic carbocycles. The van der Waals surface area contributed by atoms with E-state index < -0.39 is 12.1 Å². The Kier molecular flexibility index (Phi) is 5.89. The van der Waals surface area contributed by atoms with Crippen LogP contribution in [0.2, 0.25) is 0 Å². The van der Waals surface area contributed by atoms with Crippen LogP contribution in [0.4, 0.5) is 0 Å². The Labute approximate surface area is 161 Å². The van der Waals surface area contributed by atoms with Gasteiger partial charge in [-0.1, -0.05) is 52.3 Å². The van der Waals surface area contributed by atoms with Gasteiger partial charge in [0.2, 0.25) is 0 Å². The maximum absolute atomic E-state index is 12.6. The van der Waals surface area contributed by atoms with Crippen LogP contribution in [0.1, 0.15) is 23.6 Å². The smallest absolute Gasteiger partial charge is 0.331 e. The average molecular weight is 414 g/mol. The highest BCUT2D eigenvalue weighted by Gasteiger charge is 2.26. The van der Waals surface area contributed by atoms with Crippen LogP contribution in [-0.2, 0) is 27.3 Å². The molecule has 1 amide bonds. The minimum atomic E-state index is -0.803. The van der Waals surface area contributed by atoms with Crippen molar-refractivity contribution in [2.24, 2.45) is 0 Å². The van der Waals surface area contributed by atoms with Crippen LogP contribution in [-0.4, -0.2) is 29.4 Å². The fourth-order valence-electron chi connectivity index (χ4n) is 2.94. The average Bonchev–Trinajstić information content (AvgIpc) is 2.66.